The molecule has 2 aromatic carbocycles. The first-order chi connectivity index (χ1) is 21.9. The van der Waals surface area contributed by atoms with Gasteiger partial charge in [0, 0.05) is 31.1 Å². The number of unbranched alkanes of at least 4 members (excludes halogenated alkanes) is 1. The second-order valence-electron chi connectivity index (χ2n) is 11.7. The Morgan fingerprint density at radius 3 is 2.62 bits per heavy atom. The summed E-state index contributed by atoms with van der Waals surface area (Å²) in [7, 11) is 3.48. The van der Waals surface area contributed by atoms with Crippen molar-refractivity contribution in [3.63, 3.8) is 0 Å². The van der Waals surface area contributed by atoms with Crippen LogP contribution in [0.1, 0.15) is 43.2 Å². The highest BCUT2D eigenvalue weighted by Crippen LogP contribution is 2.47. The second-order valence-corrected chi connectivity index (χ2v) is 11.7. The molecule has 11 nitrogen and oxygen atoms in total. The van der Waals surface area contributed by atoms with E-state index in [-0.39, 0.29) is 26.0 Å². The molecule has 11 heteroatoms. The molecule has 3 aromatic rings. The number of aromatic nitrogens is 1. The third-order valence-electron chi connectivity index (χ3n) is 8.94. The van der Waals surface area contributed by atoms with Gasteiger partial charge in [0.05, 0.1) is 19.6 Å². The average Bonchev–Trinajstić information content (AvgIpc) is 3.78. The van der Waals surface area contributed by atoms with E-state index in [0.29, 0.717) is 54.7 Å². The number of rotatable bonds is 12. The van der Waals surface area contributed by atoms with Crippen LogP contribution in [-0.4, -0.2) is 68.3 Å². The van der Waals surface area contributed by atoms with E-state index in [4.69, 9.17) is 23.7 Å². The van der Waals surface area contributed by atoms with Crippen LogP contribution in [0.15, 0.2) is 54.9 Å². The Labute approximate surface area is 262 Å². The van der Waals surface area contributed by atoms with Gasteiger partial charge in [-0.15, -0.1) is 0 Å². The molecule has 3 aliphatic rings. The number of carboxylic acids is 1. The van der Waals surface area contributed by atoms with Crippen LogP contribution in [0.2, 0.25) is 0 Å². The van der Waals surface area contributed by atoms with E-state index >= 15 is 0 Å². The minimum Gasteiger partial charge on any atom is -0.493 e. The van der Waals surface area contributed by atoms with Gasteiger partial charge in [0.1, 0.15) is 12.7 Å². The molecule has 0 radical (unpaired) electrons. The Balaban J connectivity index is 1.33. The number of methoxy groups -OCH3 is 1. The van der Waals surface area contributed by atoms with Crippen LogP contribution in [-0.2, 0) is 23.1 Å². The summed E-state index contributed by atoms with van der Waals surface area (Å²) in [4.78, 5) is 31.1. The van der Waals surface area contributed by atoms with E-state index in [9.17, 15) is 14.7 Å². The van der Waals surface area contributed by atoms with E-state index in [1.807, 2.05) is 76.3 Å². The first kappa shape index (κ1) is 30.5. The number of nitrogens with zero attached hydrogens (tertiary/aromatic N) is 3. The number of amides is 1. The summed E-state index contributed by atoms with van der Waals surface area (Å²) in [5.74, 6) is 0.751. The summed E-state index contributed by atoms with van der Waals surface area (Å²) < 4.78 is 30.1. The molecule has 0 saturated carbocycles. The lowest BCUT2D eigenvalue weighted by Crippen LogP contribution is -2.45. The van der Waals surface area contributed by atoms with Gasteiger partial charge in [0.2, 0.25) is 25.2 Å². The maximum atomic E-state index is 14.1. The van der Waals surface area contributed by atoms with Crippen molar-refractivity contribution in [3.8, 4) is 28.7 Å². The molecular formula is C34H40N3O8+. The number of benzene rings is 2. The van der Waals surface area contributed by atoms with Gasteiger partial charge in [0.15, 0.2) is 35.4 Å². The lowest BCUT2D eigenvalue weighted by Gasteiger charge is -2.29. The molecule has 1 saturated heterocycles. The highest BCUT2D eigenvalue weighted by molar-refractivity contribution is 5.94. The SMILES string of the molecule is CCCCN(C(=O)CN1C[C@H](c2cc(OC)c3c(c2)OCO3)C(C(=O)O)[C@@H]1CCc1cccc2c1OCO2)c1ccc[n+](C)c1. The van der Waals surface area contributed by atoms with Crippen LogP contribution in [0.5, 0.6) is 28.7 Å². The monoisotopic (exact) mass is 618 g/mol. The predicted octanol–water partition coefficient (Wildman–Crippen LogP) is 3.91. The molecule has 1 unspecified atom stereocenters. The number of pyridine rings is 1. The van der Waals surface area contributed by atoms with Crippen molar-refractivity contribution in [2.45, 2.75) is 44.6 Å². The maximum Gasteiger partial charge on any atom is 0.308 e. The molecule has 6 rings (SSSR count). The van der Waals surface area contributed by atoms with Gasteiger partial charge in [-0.2, -0.15) is 0 Å². The molecule has 1 fully saturated rings. The standard InChI is InChI=1S/C34H39N3O8/c1-4-5-14-37(24-9-7-13-35(2)17-24)30(38)19-36-18-25(23-15-28(41-3)33-29(16-23)43-21-45-33)31(34(39)40)26(36)12-11-22-8-6-10-27-32(22)44-20-42-27/h6-10,13,15-17,25-26,31H,4-5,11-12,14,18-21H2,1-3H3/p+1/t25-,26+,31?/m1/s1. The van der Waals surface area contributed by atoms with E-state index in [2.05, 4.69) is 6.92 Å². The maximum absolute atomic E-state index is 14.1. The minimum atomic E-state index is -0.910. The van der Waals surface area contributed by atoms with Gasteiger partial charge in [0.25, 0.3) is 0 Å². The highest BCUT2D eigenvalue weighted by Gasteiger charge is 2.47. The normalized spacial score (nSPS) is 19.9. The van der Waals surface area contributed by atoms with Crippen molar-refractivity contribution in [1.82, 2.24) is 4.90 Å². The fourth-order valence-corrected chi connectivity index (χ4v) is 6.75. The van der Waals surface area contributed by atoms with Gasteiger partial charge in [-0.25, -0.2) is 4.57 Å². The van der Waals surface area contributed by atoms with Crippen molar-refractivity contribution in [1.29, 1.82) is 0 Å². The minimum absolute atomic E-state index is 0.0648. The van der Waals surface area contributed by atoms with Crippen LogP contribution in [0.4, 0.5) is 5.69 Å². The van der Waals surface area contributed by atoms with Crippen LogP contribution in [0, 0.1) is 5.92 Å². The molecule has 0 spiro atoms. The largest absolute Gasteiger partial charge is 0.493 e. The van der Waals surface area contributed by atoms with Crippen molar-refractivity contribution in [3.05, 3.63) is 66.0 Å². The van der Waals surface area contributed by atoms with Crippen molar-refractivity contribution >= 4 is 17.6 Å². The Morgan fingerprint density at radius 2 is 1.87 bits per heavy atom. The molecule has 1 aromatic heterocycles. The van der Waals surface area contributed by atoms with Crippen LogP contribution in [0.25, 0.3) is 0 Å². The number of hydrogen-bond donors (Lipinski definition) is 1. The number of carbonyl (C=O) groups is 2. The number of para-hydroxylation sites is 1. The number of ether oxygens (including phenoxy) is 5. The zero-order valence-corrected chi connectivity index (χ0v) is 25.9. The fourth-order valence-electron chi connectivity index (χ4n) is 6.75. The Hall–Kier alpha value is -4.51. The van der Waals surface area contributed by atoms with Gasteiger partial charge in [-0.3, -0.25) is 14.5 Å². The summed E-state index contributed by atoms with van der Waals surface area (Å²) in [5.41, 5.74) is 2.55. The lowest BCUT2D eigenvalue weighted by atomic mass is 9.83. The van der Waals surface area contributed by atoms with E-state index in [0.717, 1.165) is 29.7 Å². The number of hydrogen-bond acceptors (Lipinski definition) is 8. The molecule has 1 amide bonds. The number of aliphatic carboxylic acids is 1. The molecular weight excluding hydrogens is 578 g/mol. The Bertz CT molecular complexity index is 1560. The van der Waals surface area contributed by atoms with Crippen LogP contribution < -0.4 is 33.2 Å². The van der Waals surface area contributed by atoms with Crippen molar-refractivity contribution < 1.29 is 42.9 Å². The fraction of sp³-hybridized carbons (Fsp3) is 0.441. The molecule has 3 aliphatic heterocycles. The molecule has 1 N–H and O–H groups in total. The highest BCUT2D eigenvalue weighted by atomic mass is 16.7. The Kier molecular flexibility index (Phi) is 8.97. The predicted molar refractivity (Wildman–Crippen MR) is 164 cm³/mol. The number of anilines is 1. The summed E-state index contributed by atoms with van der Waals surface area (Å²) in [6.07, 6.45) is 6.74. The van der Waals surface area contributed by atoms with Gasteiger partial charge < -0.3 is 33.7 Å². The number of carbonyl (C=O) groups excluding carboxylic acids is 1. The zero-order chi connectivity index (χ0) is 31.5. The molecule has 4 heterocycles. The number of carboxylic acid groups (broad SMARTS) is 1. The van der Waals surface area contributed by atoms with E-state index < -0.39 is 23.8 Å². The second kappa shape index (κ2) is 13.2. The van der Waals surface area contributed by atoms with Crippen LogP contribution in [0.3, 0.4) is 0 Å². The topological polar surface area (TPSA) is 111 Å². The first-order valence-electron chi connectivity index (χ1n) is 15.5. The van der Waals surface area contributed by atoms with E-state index in [1.54, 1.807) is 7.11 Å². The third-order valence-corrected chi connectivity index (χ3v) is 8.94. The summed E-state index contributed by atoms with van der Waals surface area (Å²) in [6.45, 7) is 3.38. The molecule has 45 heavy (non-hydrogen) atoms. The Morgan fingerprint density at radius 1 is 1.07 bits per heavy atom. The number of likely N-dealkylation sites (tertiary alicyclic amines) is 1. The van der Waals surface area contributed by atoms with Gasteiger partial charge >= 0.3 is 5.97 Å². The van der Waals surface area contributed by atoms with E-state index in [1.165, 1.54) is 0 Å². The lowest BCUT2D eigenvalue weighted by molar-refractivity contribution is -0.670. The van der Waals surface area contributed by atoms with Crippen molar-refractivity contribution in [2.24, 2.45) is 13.0 Å². The molecule has 3 atom stereocenters. The molecule has 0 bridgehead atoms. The number of aryl methyl sites for hydroxylation is 2. The third kappa shape index (κ3) is 6.22. The quantitative estimate of drug-likeness (QED) is 0.302. The van der Waals surface area contributed by atoms with Gasteiger partial charge in [-0.05, 0) is 54.7 Å². The first-order valence-corrected chi connectivity index (χ1v) is 15.5. The van der Waals surface area contributed by atoms with Crippen LogP contribution >= 0.6 is 0 Å². The molecule has 238 valence electrons. The zero-order valence-electron chi connectivity index (χ0n) is 25.9. The summed E-state index contributed by atoms with van der Waals surface area (Å²) >= 11 is 0. The smallest absolute Gasteiger partial charge is 0.308 e. The van der Waals surface area contributed by atoms with Gasteiger partial charge in [-0.1, -0.05) is 25.5 Å². The summed E-state index contributed by atoms with van der Waals surface area (Å²) in [5, 5.41) is 10.7. The number of fused-ring (bicyclic) bond motifs is 2. The summed E-state index contributed by atoms with van der Waals surface area (Å²) in [6, 6.07) is 12.9. The van der Waals surface area contributed by atoms with Crippen molar-refractivity contribution in [2.75, 3.05) is 45.2 Å². The average molecular weight is 619 g/mol. The molecule has 0 aliphatic carbocycles.